The number of benzene rings is 6. The first-order chi connectivity index (χ1) is 25.0. The zero-order chi connectivity index (χ0) is 34.1. The van der Waals surface area contributed by atoms with E-state index in [-0.39, 0.29) is 5.41 Å². The Balaban J connectivity index is 1.09. The highest BCUT2D eigenvalue weighted by atomic mass is 15.1. The SMILES string of the molecule is CC1(C)c2cc(-c3ccccc3)ccc2-c2ccc(N(c3ccc(C4CC5CCC4C5)cc3)c3cc4ccc3CCc3ccc(cc3)CC4)cc21. The number of fused-ring (bicyclic) bond motifs is 5. The average Bonchev–Trinajstić information content (AvgIpc) is 3.86. The highest BCUT2D eigenvalue weighted by molar-refractivity contribution is 5.87. The Morgan fingerprint density at radius 1 is 0.529 bits per heavy atom. The second-order valence-corrected chi connectivity index (χ2v) is 16.5. The van der Waals surface area contributed by atoms with Crippen LogP contribution in [0.5, 0.6) is 0 Å². The number of anilines is 3. The Morgan fingerprint density at radius 3 is 1.92 bits per heavy atom. The van der Waals surface area contributed by atoms with Crippen LogP contribution in [0.15, 0.2) is 133 Å². The highest BCUT2D eigenvalue weighted by Crippen LogP contribution is 2.54. The molecule has 7 aliphatic rings. The van der Waals surface area contributed by atoms with Gasteiger partial charge in [-0.05, 0) is 160 Å². The number of aryl methyl sites for hydroxylation is 4. The van der Waals surface area contributed by atoms with Crippen molar-refractivity contribution in [3.8, 4) is 22.3 Å². The molecule has 6 aromatic rings. The summed E-state index contributed by atoms with van der Waals surface area (Å²) in [7, 11) is 0. The van der Waals surface area contributed by atoms with Crippen molar-refractivity contribution in [1.29, 1.82) is 0 Å². The Hall–Kier alpha value is -4.88. The molecule has 0 heterocycles. The van der Waals surface area contributed by atoms with Crippen molar-refractivity contribution in [1.82, 2.24) is 0 Å². The van der Waals surface area contributed by atoms with E-state index in [1.54, 1.807) is 5.56 Å². The molecule has 1 heteroatoms. The van der Waals surface area contributed by atoms with E-state index in [0.717, 1.165) is 43.4 Å². The summed E-state index contributed by atoms with van der Waals surface area (Å²) in [5.74, 6) is 2.57. The average molecular weight is 662 g/mol. The molecule has 0 radical (unpaired) electrons. The van der Waals surface area contributed by atoms with Crippen LogP contribution in [-0.4, -0.2) is 0 Å². The van der Waals surface area contributed by atoms with Gasteiger partial charge >= 0.3 is 0 Å². The van der Waals surface area contributed by atoms with Gasteiger partial charge in [-0.2, -0.15) is 0 Å². The predicted molar refractivity (Wildman–Crippen MR) is 214 cm³/mol. The third kappa shape index (κ3) is 5.36. The number of hydrogen-bond donors (Lipinski definition) is 0. The third-order valence-corrected chi connectivity index (χ3v) is 13.1. The number of rotatable bonds is 5. The van der Waals surface area contributed by atoms with Gasteiger partial charge < -0.3 is 4.90 Å². The van der Waals surface area contributed by atoms with Crippen molar-refractivity contribution in [2.24, 2.45) is 11.8 Å². The van der Waals surface area contributed by atoms with Crippen LogP contribution in [0.4, 0.5) is 17.1 Å². The summed E-state index contributed by atoms with van der Waals surface area (Å²) < 4.78 is 0. The zero-order valence-electron chi connectivity index (χ0n) is 30.0. The van der Waals surface area contributed by atoms with Gasteiger partial charge in [0.1, 0.15) is 0 Å². The minimum absolute atomic E-state index is 0.115. The summed E-state index contributed by atoms with van der Waals surface area (Å²) >= 11 is 0. The van der Waals surface area contributed by atoms with E-state index in [1.807, 2.05) is 0 Å². The Labute approximate surface area is 304 Å². The molecule has 0 saturated heterocycles. The Kier molecular flexibility index (Phi) is 7.35. The Morgan fingerprint density at radius 2 is 1.20 bits per heavy atom. The van der Waals surface area contributed by atoms with Gasteiger partial charge in [0.25, 0.3) is 0 Å². The van der Waals surface area contributed by atoms with Gasteiger partial charge in [0.2, 0.25) is 0 Å². The lowest BCUT2D eigenvalue weighted by atomic mass is 9.81. The molecule has 0 aromatic heterocycles. The van der Waals surface area contributed by atoms with E-state index in [0.29, 0.717) is 0 Å². The molecule has 2 saturated carbocycles. The summed E-state index contributed by atoms with van der Waals surface area (Å²) in [5.41, 5.74) is 19.1. The highest BCUT2D eigenvalue weighted by Gasteiger charge is 2.40. The van der Waals surface area contributed by atoms with Gasteiger partial charge in [-0.3, -0.25) is 0 Å². The standard InChI is InChI=1S/C50H47N/c1-50(2)47-31-40(37-6-4-3-5-7-37)22-26-44(47)45-27-25-43(32-48(45)50)51(42-23-20-38(21-24-42)46-29-36-16-19-41(46)28-36)49-30-35-13-12-33-8-10-34(11-9-33)14-17-39(49)18-15-35/h3-11,15,18,20-27,30-32,36,41,46H,12-14,16-17,19,28-29H2,1-2H3. The molecule has 0 aliphatic heterocycles. The van der Waals surface area contributed by atoms with E-state index in [1.165, 1.54) is 98.4 Å². The first-order valence-electron chi connectivity index (χ1n) is 19.4. The van der Waals surface area contributed by atoms with Gasteiger partial charge in [-0.1, -0.05) is 117 Å². The van der Waals surface area contributed by atoms with Crippen LogP contribution < -0.4 is 4.90 Å². The summed E-state index contributed by atoms with van der Waals surface area (Å²) in [6.45, 7) is 4.83. The third-order valence-electron chi connectivity index (χ3n) is 13.1. The fourth-order valence-electron chi connectivity index (χ4n) is 10.3. The number of nitrogens with zero attached hydrogens (tertiary/aromatic N) is 1. The van der Waals surface area contributed by atoms with E-state index in [2.05, 4.69) is 152 Å². The molecule has 51 heavy (non-hydrogen) atoms. The van der Waals surface area contributed by atoms with Crippen LogP contribution in [0.3, 0.4) is 0 Å². The van der Waals surface area contributed by atoms with Crippen molar-refractivity contribution in [2.75, 3.05) is 4.90 Å². The second-order valence-electron chi connectivity index (χ2n) is 16.5. The van der Waals surface area contributed by atoms with Gasteiger partial charge in [-0.25, -0.2) is 0 Å². The molecule has 6 aromatic carbocycles. The van der Waals surface area contributed by atoms with Gasteiger partial charge in [-0.15, -0.1) is 0 Å². The molecule has 0 amide bonds. The van der Waals surface area contributed by atoms with Crippen LogP contribution in [0, 0.1) is 11.8 Å². The van der Waals surface area contributed by atoms with E-state index in [9.17, 15) is 0 Å². The fourth-order valence-corrected chi connectivity index (χ4v) is 10.3. The summed E-state index contributed by atoms with van der Waals surface area (Å²) in [5, 5.41) is 0. The lowest BCUT2D eigenvalue weighted by molar-refractivity contribution is 0.420. The Bertz CT molecular complexity index is 2240. The molecule has 13 rings (SSSR count). The zero-order valence-corrected chi connectivity index (χ0v) is 30.0. The first kappa shape index (κ1) is 30.9. The molecule has 3 unspecified atom stereocenters. The van der Waals surface area contributed by atoms with Gasteiger partial charge in [0.05, 0.1) is 0 Å². The van der Waals surface area contributed by atoms with Gasteiger partial charge in [0.15, 0.2) is 0 Å². The largest absolute Gasteiger partial charge is 0.310 e. The van der Waals surface area contributed by atoms with E-state index >= 15 is 0 Å². The van der Waals surface area contributed by atoms with Crippen LogP contribution >= 0.6 is 0 Å². The molecule has 1 nitrogen and oxygen atoms in total. The molecule has 0 N–H and O–H groups in total. The predicted octanol–water partition coefficient (Wildman–Crippen LogP) is 12.9. The van der Waals surface area contributed by atoms with Crippen LogP contribution in [0.1, 0.15) is 84.4 Å². The lowest BCUT2D eigenvalue weighted by Crippen LogP contribution is -2.17. The molecule has 2 fully saturated rings. The maximum atomic E-state index is 2.59. The minimum atomic E-state index is -0.115. The lowest BCUT2D eigenvalue weighted by Gasteiger charge is -2.31. The molecular formula is C50H47N. The van der Waals surface area contributed by atoms with E-state index < -0.39 is 0 Å². The first-order valence-corrected chi connectivity index (χ1v) is 19.4. The monoisotopic (exact) mass is 661 g/mol. The van der Waals surface area contributed by atoms with E-state index in [4.69, 9.17) is 0 Å². The maximum absolute atomic E-state index is 2.59. The topological polar surface area (TPSA) is 3.24 Å². The van der Waals surface area contributed by atoms with Crippen molar-refractivity contribution in [3.05, 3.63) is 172 Å². The van der Waals surface area contributed by atoms with Crippen LogP contribution in [0.2, 0.25) is 0 Å². The molecule has 3 atom stereocenters. The summed E-state index contributed by atoms with van der Waals surface area (Å²) in [4.78, 5) is 2.59. The van der Waals surface area contributed by atoms with Crippen molar-refractivity contribution in [3.63, 3.8) is 0 Å². The minimum Gasteiger partial charge on any atom is -0.310 e. The van der Waals surface area contributed by atoms with Crippen molar-refractivity contribution < 1.29 is 0 Å². The maximum Gasteiger partial charge on any atom is 0.0496 e. The summed E-state index contributed by atoms with van der Waals surface area (Å²) in [6.07, 6.45) is 9.85. The van der Waals surface area contributed by atoms with Gasteiger partial charge in [0, 0.05) is 22.5 Å². The van der Waals surface area contributed by atoms with Crippen LogP contribution in [-0.2, 0) is 31.1 Å². The second kappa shape index (κ2) is 12.1. The van der Waals surface area contributed by atoms with Crippen LogP contribution in [0.25, 0.3) is 22.3 Å². The smallest absolute Gasteiger partial charge is 0.0496 e. The molecular weight excluding hydrogens is 615 g/mol. The number of hydrogen-bond acceptors (Lipinski definition) is 1. The fraction of sp³-hybridized carbons (Fsp3) is 0.280. The molecule has 252 valence electrons. The molecule has 0 spiro atoms. The molecule has 6 bridgehead atoms. The van der Waals surface area contributed by atoms with Crippen molar-refractivity contribution >= 4 is 17.1 Å². The normalized spacial score (nSPS) is 20.9. The quantitative estimate of drug-likeness (QED) is 0.178. The molecule has 7 aliphatic carbocycles. The van der Waals surface area contributed by atoms with Crippen molar-refractivity contribution in [2.45, 2.75) is 76.5 Å². The summed E-state index contributed by atoms with van der Waals surface area (Å²) in [6, 6.07) is 51.7.